The number of aryl methyl sites for hydroxylation is 1. The molecule has 1 aromatic carbocycles. The molecule has 76 valence electrons. The van der Waals surface area contributed by atoms with Gasteiger partial charge in [0.15, 0.2) is 0 Å². The molecule has 1 N–H and O–H groups in total. The van der Waals surface area contributed by atoms with Gasteiger partial charge in [-0.15, -0.1) is 0 Å². The largest absolute Gasteiger partial charge is 0.371 e. The first-order valence-electron chi connectivity index (χ1n) is 5.19. The van der Waals surface area contributed by atoms with Crippen molar-refractivity contribution in [1.82, 2.24) is 5.32 Å². The van der Waals surface area contributed by atoms with Crippen LogP contribution in [0.3, 0.4) is 0 Å². The first-order chi connectivity index (χ1) is 6.77. The maximum absolute atomic E-state index is 5.75. The van der Waals surface area contributed by atoms with Gasteiger partial charge in [0.2, 0.25) is 0 Å². The second-order valence-corrected chi connectivity index (χ2v) is 3.94. The molecule has 0 aliphatic carbocycles. The SMILES string of the molecule is Cc1ccc([C@@H]2OCCN[C@@H]2C)cc1. The molecule has 0 saturated carbocycles. The summed E-state index contributed by atoms with van der Waals surface area (Å²) < 4.78 is 5.75. The van der Waals surface area contributed by atoms with Crippen molar-refractivity contribution >= 4 is 0 Å². The summed E-state index contributed by atoms with van der Waals surface area (Å²) in [7, 11) is 0. The van der Waals surface area contributed by atoms with E-state index in [2.05, 4.69) is 43.4 Å². The highest BCUT2D eigenvalue weighted by molar-refractivity contribution is 5.24. The Balaban J connectivity index is 2.16. The molecule has 0 amide bonds. The first kappa shape index (κ1) is 9.69. The van der Waals surface area contributed by atoms with Crippen LogP contribution in [0.5, 0.6) is 0 Å². The Morgan fingerprint density at radius 2 is 2.00 bits per heavy atom. The van der Waals surface area contributed by atoms with Crippen molar-refractivity contribution in [3.63, 3.8) is 0 Å². The monoisotopic (exact) mass is 191 g/mol. The first-order valence-corrected chi connectivity index (χ1v) is 5.19. The van der Waals surface area contributed by atoms with E-state index in [-0.39, 0.29) is 6.10 Å². The van der Waals surface area contributed by atoms with E-state index < -0.39 is 0 Å². The van der Waals surface area contributed by atoms with Gasteiger partial charge < -0.3 is 10.1 Å². The summed E-state index contributed by atoms with van der Waals surface area (Å²) in [5.41, 5.74) is 2.57. The van der Waals surface area contributed by atoms with E-state index in [4.69, 9.17) is 4.74 Å². The summed E-state index contributed by atoms with van der Waals surface area (Å²) in [6, 6.07) is 9.00. The van der Waals surface area contributed by atoms with E-state index in [1.165, 1.54) is 11.1 Å². The zero-order chi connectivity index (χ0) is 9.97. The van der Waals surface area contributed by atoms with Gasteiger partial charge in [0.25, 0.3) is 0 Å². The third-order valence-electron chi connectivity index (χ3n) is 2.73. The Labute approximate surface area is 85.3 Å². The third-order valence-corrected chi connectivity index (χ3v) is 2.73. The molecule has 0 bridgehead atoms. The smallest absolute Gasteiger partial charge is 0.0975 e. The highest BCUT2D eigenvalue weighted by atomic mass is 16.5. The molecule has 0 spiro atoms. The van der Waals surface area contributed by atoms with Crippen molar-refractivity contribution in [1.29, 1.82) is 0 Å². The van der Waals surface area contributed by atoms with Gasteiger partial charge in [0.1, 0.15) is 0 Å². The van der Waals surface area contributed by atoms with E-state index >= 15 is 0 Å². The molecule has 2 rings (SSSR count). The van der Waals surface area contributed by atoms with Crippen LogP contribution in [0.25, 0.3) is 0 Å². The molecule has 0 unspecified atom stereocenters. The molecule has 2 heteroatoms. The summed E-state index contributed by atoms with van der Waals surface area (Å²) in [5.74, 6) is 0. The van der Waals surface area contributed by atoms with Gasteiger partial charge >= 0.3 is 0 Å². The van der Waals surface area contributed by atoms with Crippen LogP contribution < -0.4 is 5.32 Å². The zero-order valence-electron chi connectivity index (χ0n) is 8.79. The van der Waals surface area contributed by atoms with E-state index in [0.29, 0.717) is 6.04 Å². The van der Waals surface area contributed by atoms with Crippen molar-refractivity contribution in [3.05, 3.63) is 35.4 Å². The van der Waals surface area contributed by atoms with Crippen LogP contribution in [-0.2, 0) is 4.74 Å². The molecule has 1 aliphatic rings. The van der Waals surface area contributed by atoms with Crippen LogP contribution in [0.4, 0.5) is 0 Å². The Hall–Kier alpha value is -0.860. The quantitative estimate of drug-likeness (QED) is 0.733. The summed E-state index contributed by atoms with van der Waals surface area (Å²) in [6.07, 6.45) is 0.212. The van der Waals surface area contributed by atoms with Crippen molar-refractivity contribution < 1.29 is 4.74 Å². The summed E-state index contributed by atoms with van der Waals surface area (Å²) >= 11 is 0. The molecule has 1 fully saturated rings. The Morgan fingerprint density at radius 1 is 1.29 bits per heavy atom. The minimum absolute atomic E-state index is 0.212. The normalized spacial score (nSPS) is 27.6. The topological polar surface area (TPSA) is 21.3 Å². The van der Waals surface area contributed by atoms with Gasteiger partial charge in [0.05, 0.1) is 12.7 Å². The lowest BCUT2D eigenvalue weighted by atomic mass is 10.0. The van der Waals surface area contributed by atoms with E-state index in [1.54, 1.807) is 0 Å². The molecular weight excluding hydrogens is 174 g/mol. The van der Waals surface area contributed by atoms with Crippen LogP contribution in [0, 0.1) is 6.92 Å². The molecule has 0 aromatic heterocycles. The number of morpholine rings is 1. The van der Waals surface area contributed by atoms with Gasteiger partial charge in [0, 0.05) is 12.6 Å². The average Bonchev–Trinajstić information content (AvgIpc) is 2.20. The molecule has 1 saturated heterocycles. The summed E-state index contributed by atoms with van der Waals surface area (Å²) in [4.78, 5) is 0. The van der Waals surface area contributed by atoms with Gasteiger partial charge in [-0.05, 0) is 19.4 Å². The van der Waals surface area contributed by atoms with Crippen LogP contribution in [0.15, 0.2) is 24.3 Å². The predicted molar refractivity (Wildman–Crippen MR) is 57.3 cm³/mol. The van der Waals surface area contributed by atoms with Crippen LogP contribution in [0.2, 0.25) is 0 Å². The number of ether oxygens (including phenoxy) is 1. The fraction of sp³-hybridized carbons (Fsp3) is 0.500. The number of hydrogen-bond acceptors (Lipinski definition) is 2. The van der Waals surface area contributed by atoms with Crippen molar-refractivity contribution in [3.8, 4) is 0 Å². The summed E-state index contributed by atoms with van der Waals surface area (Å²) in [6.45, 7) is 6.04. The molecule has 0 radical (unpaired) electrons. The molecule has 2 nitrogen and oxygen atoms in total. The van der Waals surface area contributed by atoms with Crippen molar-refractivity contribution in [2.45, 2.75) is 26.0 Å². The van der Waals surface area contributed by atoms with Gasteiger partial charge in [-0.1, -0.05) is 29.8 Å². The fourth-order valence-corrected chi connectivity index (χ4v) is 1.86. The average molecular weight is 191 g/mol. The lowest BCUT2D eigenvalue weighted by molar-refractivity contribution is -0.000227. The lowest BCUT2D eigenvalue weighted by Gasteiger charge is -2.30. The molecule has 1 heterocycles. The minimum Gasteiger partial charge on any atom is -0.371 e. The Bertz CT molecular complexity index is 294. The maximum Gasteiger partial charge on any atom is 0.0975 e. The molecule has 14 heavy (non-hydrogen) atoms. The highest BCUT2D eigenvalue weighted by Crippen LogP contribution is 2.23. The second-order valence-electron chi connectivity index (χ2n) is 3.94. The molecule has 1 aliphatic heterocycles. The van der Waals surface area contributed by atoms with Crippen LogP contribution in [0.1, 0.15) is 24.2 Å². The van der Waals surface area contributed by atoms with Gasteiger partial charge in [-0.25, -0.2) is 0 Å². The van der Waals surface area contributed by atoms with E-state index in [0.717, 1.165) is 13.2 Å². The standard InChI is InChI=1S/C12H17NO/c1-9-3-5-11(6-4-9)12-10(2)13-7-8-14-12/h3-6,10,12-13H,7-8H2,1-2H3/t10-,12-/m1/s1. The predicted octanol–water partition coefficient (Wildman–Crippen LogP) is 2.04. The Morgan fingerprint density at radius 3 is 2.64 bits per heavy atom. The maximum atomic E-state index is 5.75. The molecular formula is C12H17NO. The molecule has 2 atom stereocenters. The lowest BCUT2D eigenvalue weighted by Crippen LogP contribution is -2.41. The Kier molecular flexibility index (Phi) is 2.85. The number of hydrogen-bond donors (Lipinski definition) is 1. The zero-order valence-corrected chi connectivity index (χ0v) is 8.79. The van der Waals surface area contributed by atoms with Crippen LogP contribution >= 0.6 is 0 Å². The van der Waals surface area contributed by atoms with Gasteiger partial charge in [-0.2, -0.15) is 0 Å². The number of benzene rings is 1. The van der Waals surface area contributed by atoms with Crippen LogP contribution in [-0.4, -0.2) is 19.2 Å². The number of nitrogens with one attached hydrogen (secondary N) is 1. The number of rotatable bonds is 1. The second kappa shape index (κ2) is 4.11. The fourth-order valence-electron chi connectivity index (χ4n) is 1.86. The third kappa shape index (κ3) is 1.97. The van der Waals surface area contributed by atoms with Crippen molar-refractivity contribution in [2.24, 2.45) is 0 Å². The minimum atomic E-state index is 0.212. The summed E-state index contributed by atoms with van der Waals surface area (Å²) in [5, 5.41) is 3.42. The van der Waals surface area contributed by atoms with Crippen molar-refractivity contribution in [2.75, 3.05) is 13.2 Å². The highest BCUT2D eigenvalue weighted by Gasteiger charge is 2.22. The molecule has 1 aromatic rings. The van der Waals surface area contributed by atoms with E-state index in [9.17, 15) is 0 Å². The van der Waals surface area contributed by atoms with Gasteiger partial charge in [-0.3, -0.25) is 0 Å². The van der Waals surface area contributed by atoms with E-state index in [1.807, 2.05) is 0 Å².